The Balaban J connectivity index is 0.000000960. The molecule has 0 aliphatic heterocycles. The lowest BCUT2D eigenvalue weighted by atomic mass is 9.83. The molecule has 5 heteroatoms. The van der Waals surface area contributed by atoms with E-state index in [-0.39, 0.29) is 22.5 Å². The maximum atomic E-state index is 13.6. The van der Waals surface area contributed by atoms with E-state index in [1.165, 1.54) is 6.07 Å². The Morgan fingerprint density at radius 1 is 1.07 bits per heavy atom. The first-order valence-corrected chi connectivity index (χ1v) is 9.69. The van der Waals surface area contributed by atoms with Crippen LogP contribution < -0.4 is 5.32 Å². The number of phenols is 1. The van der Waals surface area contributed by atoms with Gasteiger partial charge in [-0.15, -0.1) is 0 Å². The molecule has 2 aromatic rings. The number of aryl methyl sites for hydroxylation is 1. The highest BCUT2D eigenvalue weighted by Gasteiger charge is 2.20. The molecular weight excluding hydrogens is 369 g/mol. The first-order valence-electron chi connectivity index (χ1n) is 9.69. The van der Waals surface area contributed by atoms with Crippen molar-refractivity contribution in [3.63, 3.8) is 0 Å². The minimum absolute atomic E-state index is 0.0448. The Labute approximate surface area is 173 Å². The summed E-state index contributed by atoms with van der Waals surface area (Å²) >= 11 is 0. The third-order valence-electron chi connectivity index (χ3n) is 4.33. The van der Waals surface area contributed by atoms with Crippen LogP contribution in [0.3, 0.4) is 0 Å². The second-order valence-electron chi connectivity index (χ2n) is 9.37. The number of aromatic hydroxyl groups is 1. The standard InChI is InChI=1S/C22H30FNO.C2H4O2/c1-14-10-15(8-9-19(14)23)18-12-17(21(2,3)4)11-16(20(18)25)13-24-22(5,6)7;1-2(3)4/h8-12,24-25H,13H2,1-7H3;1H3,(H,3,4). The number of rotatable bonds is 3. The summed E-state index contributed by atoms with van der Waals surface area (Å²) in [5.74, 6) is -0.805. The lowest BCUT2D eigenvalue weighted by molar-refractivity contribution is -0.134. The van der Waals surface area contributed by atoms with Gasteiger partial charge < -0.3 is 15.5 Å². The van der Waals surface area contributed by atoms with Gasteiger partial charge in [-0.2, -0.15) is 0 Å². The van der Waals surface area contributed by atoms with Crippen molar-refractivity contribution in [1.29, 1.82) is 0 Å². The van der Waals surface area contributed by atoms with Crippen LogP contribution in [0.15, 0.2) is 30.3 Å². The van der Waals surface area contributed by atoms with Gasteiger partial charge in [0.05, 0.1) is 0 Å². The van der Waals surface area contributed by atoms with Crippen molar-refractivity contribution in [1.82, 2.24) is 5.32 Å². The van der Waals surface area contributed by atoms with E-state index in [4.69, 9.17) is 9.90 Å². The largest absolute Gasteiger partial charge is 0.507 e. The van der Waals surface area contributed by atoms with E-state index in [2.05, 4.69) is 52.9 Å². The molecule has 3 N–H and O–H groups in total. The Morgan fingerprint density at radius 3 is 2.07 bits per heavy atom. The van der Waals surface area contributed by atoms with Gasteiger partial charge in [-0.25, -0.2) is 4.39 Å². The predicted molar refractivity (Wildman–Crippen MR) is 117 cm³/mol. The molecule has 0 aliphatic carbocycles. The average molecular weight is 404 g/mol. The number of hydrogen-bond acceptors (Lipinski definition) is 3. The number of carboxylic acid groups (broad SMARTS) is 1. The van der Waals surface area contributed by atoms with E-state index in [1.807, 2.05) is 6.07 Å². The molecule has 29 heavy (non-hydrogen) atoms. The average Bonchev–Trinajstić information content (AvgIpc) is 2.54. The van der Waals surface area contributed by atoms with Crippen molar-refractivity contribution >= 4 is 5.97 Å². The lowest BCUT2D eigenvalue weighted by Gasteiger charge is -2.25. The molecule has 0 atom stereocenters. The second-order valence-corrected chi connectivity index (χ2v) is 9.37. The fourth-order valence-corrected chi connectivity index (χ4v) is 2.66. The summed E-state index contributed by atoms with van der Waals surface area (Å²) < 4.78 is 13.6. The highest BCUT2D eigenvalue weighted by atomic mass is 19.1. The maximum absolute atomic E-state index is 13.6. The molecule has 2 aromatic carbocycles. The van der Waals surface area contributed by atoms with Crippen LogP contribution in [0.4, 0.5) is 4.39 Å². The maximum Gasteiger partial charge on any atom is 0.300 e. The number of carboxylic acids is 1. The van der Waals surface area contributed by atoms with Gasteiger partial charge in [-0.05, 0) is 68.0 Å². The van der Waals surface area contributed by atoms with Crippen LogP contribution in [0.5, 0.6) is 5.75 Å². The van der Waals surface area contributed by atoms with Crippen LogP contribution in [-0.2, 0) is 16.8 Å². The Morgan fingerprint density at radius 2 is 1.62 bits per heavy atom. The topological polar surface area (TPSA) is 69.6 Å². The van der Waals surface area contributed by atoms with Crippen molar-refractivity contribution in [2.75, 3.05) is 0 Å². The Bertz CT molecular complexity index is 858. The lowest BCUT2D eigenvalue weighted by Crippen LogP contribution is -2.35. The van der Waals surface area contributed by atoms with Gasteiger partial charge in [0.15, 0.2) is 0 Å². The van der Waals surface area contributed by atoms with Crippen molar-refractivity contribution in [2.45, 2.75) is 72.9 Å². The molecule has 160 valence electrons. The van der Waals surface area contributed by atoms with Crippen LogP contribution in [0, 0.1) is 12.7 Å². The molecule has 0 saturated carbocycles. The number of nitrogens with one attached hydrogen (secondary N) is 1. The monoisotopic (exact) mass is 403 g/mol. The van der Waals surface area contributed by atoms with E-state index in [0.29, 0.717) is 12.1 Å². The quantitative estimate of drug-likeness (QED) is 0.607. The molecule has 2 rings (SSSR count). The summed E-state index contributed by atoms with van der Waals surface area (Å²) in [5.41, 5.74) is 4.07. The van der Waals surface area contributed by atoms with E-state index < -0.39 is 5.97 Å². The molecule has 0 aromatic heterocycles. The van der Waals surface area contributed by atoms with Crippen molar-refractivity contribution in [3.8, 4) is 16.9 Å². The number of aliphatic carboxylic acids is 1. The molecule has 0 unspecified atom stereocenters. The van der Waals surface area contributed by atoms with Crippen LogP contribution in [0.1, 0.15) is 65.2 Å². The van der Waals surface area contributed by atoms with Gasteiger partial charge in [-0.1, -0.05) is 32.9 Å². The zero-order valence-corrected chi connectivity index (χ0v) is 18.8. The van der Waals surface area contributed by atoms with Crippen LogP contribution >= 0.6 is 0 Å². The number of halogens is 1. The van der Waals surface area contributed by atoms with Crippen molar-refractivity contribution in [2.24, 2.45) is 0 Å². The van der Waals surface area contributed by atoms with E-state index in [9.17, 15) is 9.50 Å². The van der Waals surface area contributed by atoms with Crippen LogP contribution in [0.2, 0.25) is 0 Å². The zero-order valence-electron chi connectivity index (χ0n) is 18.8. The molecule has 0 aliphatic rings. The van der Waals surface area contributed by atoms with E-state index in [1.54, 1.807) is 19.1 Å². The molecule has 0 saturated heterocycles. The Hall–Kier alpha value is -2.40. The fraction of sp³-hybridized carbons (Fsp3) is 0.458. The zero-order chi connectivity index (χ0) is 22.6. The van der Waals surface area contributed by atoms with Crippen molar-refractivity contribution in [3.05, 3.63) is 52.8 Å². The van der Waals surface area contributed by atoms with Gasteiger partial charge in [0.2, 0.25) is 0 Å². The summed E-state index contributed by atoms with van der Waals surface area (Å²) in [6.07, 6.45) is 0. The third kappa shape index (κ3) is 7.86. The van der Waals surface area contributed by atoms with Gasteiger partial charge >= 0.3 is 0 Å². The van der Waals surface area contributed by atoms with Crippen molar-refractivity contribution < 1.29 is 19.4 Å². The molecule has 0 radical (unpaired) electrons. The highest BCUT2D eigenvalue weighted by Crippen LogP contribution is 2.38. The summed E-state index contributed by atoms with van der Waals surface area (Å²) in [7, 11) is 0. The molecular formula is C24H34FNO3. The van der Waals surface area contributed by atoms with Gasteiger partial charge in [0.25, 0.3) is 5.97 Å². The van der Waals surface area contributed by atoms with Crippen LogP contribution in [0.25, 0.3) is 11.1 Å². The molecule has 0 spiro atoms. The highest BCUT2D eigenvalue weighted by molar-refractivity contribution is 5.73. The first-order chi connectivity index (χ1) is 13.1. The molecule has 0 fully saturated rings. The van der Waals surface area contributed by atoms with E-state index in [0.717, 1.165) is 29.2 Å². The third-order valence-corrected chi connectivity index (χ3v) is 4.33. The van der Waals surface area contributed by atoms with Gasteiger partial charge in [0.1, 0.15) is 11.6 Å². The first kappa shape index (κ1) is 24.6. The summed E-state index contributed by atoms with van der Waals surface area (Å²) in [5, 5.41) is 21.7. The molecule has 0 heterocycles. The van der Waals surface area contributed by atoms with E-state index >= 15 is 0 Å². The number of phenolic OH excluding ortho intramolecular Hbond substituents is 1. The summed E-state index contributed by atoms with van der Waals surface area (Å²) in [4.78, 5) is 9.00. The Kier molecular flexibility index (Phi) is 7.98. The van der Waals surface area contributed by atoms with Gasteiger partial charge in [-0.3, -0.25) is 4.79 Å². The smallest absolute Gasteiger partial charge is 0.300 e. The summed E-state index contributed by atoms with van der Waals surface area (Å²) in [6, 6.07) is 9.06. The van der Waals surface area contributed by atoms with Crippen LogP contribution in [-0.4, -0.2) is 21.7 Å². The minimum atomic E-state index is -0.833. The fourth-order valence-electron chi connectivity index (χ4n) is 2.66. The summed E-state index contributed by atoms with van der Waals surface area (Å²) in [6.45, 7) is 16.2. The molecule has 0 bridgehead atoms. The number of benzene rings is 2. The second kappa shape index (κ2) is 9.40. The normalized spacial score (nSPS) is 11.6. The molecule has 4 nitrogen and oxygen atoms in total. The van der Waals surface area contributed by atoms with Gasteiger partial charge in [0, 0.05) is 30.1 Å². The SMILES string of the molecule is CC(=O)O.Cc1cc(-c2cc(C(C)(C)C)cc(CNC(C)(C)C)c2O)ccc1F. The minimum Gasteiger partial charge on any atom is -0.507 e. The number of hydrogen-bond donors (Lipinski definition) is 3. The predicted octanol–water partition coefficient (Wildman–Crippen LogP) is 5.78. The molecule has 0 amide bonds. The number of carbonyl (C=O) groups is 1.